The second kappa shape index (κ2) is 8.38. The van der Waals surface area contributed by atoms with Crippen LogP contribution in [0.15, 0.2) is 12.3 Å². The number of H-pyrrole nitrogens is 1. The Bertz CT molecular complexity index is 325. The summed E-state index contributed by atoms with van der Waals surface area (Å²) in [6.07, 6.45) is 1.42. The van der Waals surface area contributed by atoms with Gasteiger partial charge >= 0.3 is 11.9 Å². The molecule has 98 valence electrons. The summed E-state index contributed by atoms with van der Waals surface area (Å²) < 4.78 is 9.53. The maximum Gasteiger partial charge on any atom is 0.354 e. The summed E-state index contributed by atoms with van der Waals surface area (Å²) in [4.78, 5) is 25.1. The van der Waals surface area contributed by atoms with Crippen molar-refractivity contribution in [1.82, 2.24) is 4.98 Å². The molecule has 1 rings (SSSR count). The van der Waals surface area contributed by atoms with Crippen LogP contribution < -0.4 is 0 Å². The molecule has 0 spiro atoms. The first kappa shape index (κ1) is 17.6. The van der Waals surface area contributed by atoms with Crippen molar-refractivity contribution in [2.24, 2.45) is 0 Å². The van der Waals surface area contributed by atoms with Crippen molar-refractivity contribution < 1.29 is 19.1 Å². The van der Waals surface area contributed by atoms with Crippen LogP contribution in [0.3, 0.4) is 0 Å². The maximum absolute atomic E-state index is 11.2. The number of esters is 2. The summed E-state index contributed by atoms with van der Waals surface area (Å²) in [6, 6.07) is 1.41. The van der Waals surface area contributed by atoms with Crippen LogP contribution in [0.1, 0.15) is 49.5 Å². The zero-order chi connectivity index (χ0) is 11.3. The highest BCUT2D eigenvalue weighted by Crippen LogP contribution is 2.06. The third-order valence-electron chi connectivity index (χ3n) is 1.69. The van der Waals surface area contributed by atoms with Crippen LogP contribution in [0.2, 0.25) is 0 Å². The van der Waals surface area contributed by atoms with Crippen LogP contribution in [0.4, 0.5) is 0 Å². The van der Waals surface area contributed by atoms with E-state index in [2.05, 4.69) is 4.98 Å². The van der Waals surface area contributed by atoms with Crippen LogP contribution in [-0.4, -0.2) is 30.1 Å². The largest absolute Gasteiger partial charge is 0.462 e. The zero-order valence-electron chi connectivity index (χ0n) is 8.70. The normalized spacial score (nSPS) is 8.59. The van der Waals surface area contributed by atoms with Crippen molar-refractivity contribution >= 4 is 11.9 Å². The van der Waals surface area contributed by atoms with Gasteiger partial charge in [0.15, 0.2) is 0 Å². The lowest BCUT2D eigenvalue weighted by atomic mass is 10.3. The Kier molecular flexibility index (Phi) is 8.68. The summed E-state index contributed by atoms with van der Waals surface area (Å²) in [5.74, 6) is -0.933. The van der Waals surface area contributed by atoms with E-state index in [1.807, 2.05) is 0 Å². The van der Waals surface area contributed by atoms with E-state index in [1.54, 1.807) is 13.8 Å². The van der Waals surface area contributed by atoms with Gasteiger partial charge in [0, 0.05) is 6.20 Å². The van der Waals surface area contributed by atoms with Gasteiger partial charge in [-0.15, -0.1) is 0 Å². The molecule has 0 aliphatic carbocycles. The highest BCUT2D eigenvalue weighted by Gasteiger charge is 2.13. The smallest absolute Gasteiger partial charge is 0.354 e. The van der Waals surface area contributed by atoms with E-state index in [0.29, 0.717) is 18.8 Å². The van der Waals surface area contributed by atoms with Gasteiger partial charge in [0.05, 0.1) is 18.8 Å². The number of carbonyl (C=O) groups excluding carboxylic acids is 2. The van der Waals surface area contributed by atoms with Gasteiger partial charge in [-0.2, -0.15) is 0 Å². The van der Waals surface area contributed by atoms with E-state index < -0.39 is 11.9 Å². The Labute approximate surface area is 102 Å². The first-order valence-corrected chi connectivity index (χ1v) is 4.71. The Morgan fingerprint density at radius 1 is 1.12 bits per heavy atom. The predicted octanol–water partition coefficient (Wildman–Crippen LogP) is 2.64. The SMILES string of the molecule is C.C.CCOC(=O)c1c[nH]c(C(=O)OCC)c1. The quantitative estimate of drug-likeness (QED) is 0.825. The lowest BCUT2D eigenvalue weighted by Gasteiger charge is -1.97. The molecule has 0 saturated heterocycles. The zero-order valence-corrected chi connectivity index (χ0v) is 8.70. The summed E-state index contributed by atoms with van der Waals surface area (Å²) >= 11 is 0. The van der Waals surface area contributed by atoms with Crippen molar-refractivity contribution in [2.45, 2.75) is 28.7 Å². The van der Waals surface area contributed by atoms with Crippen LogP contribution >= 0.6 is 0 Å². The van der Waals surface area contributed by atoms with E-state index in [0.717, 1.165) is 0 Å². The Balaban J connectivity index is 0. The first-order chi connectivity index (χ1) is 7.19. The molecule has 0 aromatic carbocycles. The average Bonchev–Trinajstić information content (AvgIpc) is 2.67. The van der Waals surface area contributed by atoms with Crippen molar-refractivity contribution in [3.63, 3.8) is 0 Å². The third-order valence-corrected chi connectivity index (χ3v) is 1.69. The van der Waals surface area contributed by atoms with Crippen molar-refractivity contribution in [2.75, 3.05) is 13.2 Å². The molecule has 1 aromatic heterocycles. The third kappa shape index (κ3) is 4.72. The molecular formula is C12H21NO4. The molecule has 1 N–H and O–H groups in total. The minimum atomic E-state index is -0.479. The molecule has 5 nitrogen and oxygen atoms in total. The van der Waals surface area contributed by atoms with Gasteiger partial charge in [0.2, 0.25) is 0 Å². The molecule has 0 aliphatic heterocycles. The highest BCUT2D eigenvalue weighted by atomic mass is 16.5. The Morgan fingerprint density at radius 3 is 2.18 bits per heavy atom. The fourth-order valence-corrected chi connectivity index (χ4v) is 1.05. The topological polar surface area (TPSA) is 68.4 Å². The molecule has 0 radical (unpaired) electrons. The lowest BCUT2D eigenvalue weighted by molar-refractivity contribution is 0.0518. The molecule has 1 aromatic rings. The van der Waals surface area contributed by atoms with Gasteiger partial charge < -0.3 is 14.5 Å². The number of ether oxygens (including phenoxy) is 2. The van der Waals surface area contributed by atoms with E-state index in [1.165, 1.54) is 12.3 Å². The molecule has 0 aliphatic rings. The monoisotopic (exact) mass is 243 g/mol. The number of hydrogen-bond acceptors (Lipinski definition) is 4. The highest BCUT2D eigenvalue weighted by molar-refractivity contribution is 5.94. The molecule has 17 heavy (non-hydrogen) atoms. The van der Waals surface area contributed by atoms with Crippen LogP contribution in [0, 0.1) is 0 Å². The fraction of sp³-hybridized carbons (Fsp3) is 0.500. The second-order valence-corrected chi connectivity index (χ2v) is 2.74. The van der Waals surface area contributed by atoms with Gasteiger partial charge in [-0.25, -0.2) is 9.59 Å². The van der Waals surface area contributed by atoms with E-state index in [9.17, 15) is 9.59 Å². The summed E-state index contributed by atoms with van der Waals surface area (Å²) in [5, 5.41) is 0. The summed E-state index contributed by atoms with van der Waals surface area (Å²) in [6.45, 7) is 4.04. The number of aromatic amines is 1. The standard InChI is InChI=1S/C10H13NO4.2CH4/c1-3-14-9(12)7-5-8(11-6-7)10(13)15-4-2;;/h5-6,11H,3-4H2,1-2H3;2*1H4. The molecular weight excluding hydrogens is 222 g/mol. The molecule has 0 bridgehead atoms. The summed E-state index contributed by atoms with van der Waals surface area (Å²) in [5.41, 5.74) is 0.569. The minimum Gasteiger partial charge on any atom is -0.462 e. The molecule has 0 fully saturated rings. The average molecular weight is 243 g/mol. The van der Waals surface area contributed by atoms with Crippen LogP contribution in [0.5, 0.6) is 0 Å². The molecule has 5 heteroatoms. The van der Waals surface area contributed by atoms with Gasteiger partial charge in [0.25, 0.3) is 0 Å². The minimum absolute atomic E-state index is 0. The number of carbonyl (C=O) groups is 2. The van der Waals surface area contributed by atoms with E-state index in [-0.39, 0.29) is 20.5 Å². The molecule has 0 saturated carbocycles. The van der Waals surface area contributed by atoms with Crippen molar-refractivity contribution in [3.05, 3.63) is 23.5 Å². The van der Waals surface area contributed by atoms with Gasteiger partial charge in [-0.05, 0) is 19.9 Å². The predicted molar refractivity (Wildman–Crippen MR) is 66.2 cm³/mol. The first-order valence-electron chi connectivity index (χ1n) is 4.71. The van der Waals surface area contributed by atoms with Crippen molar-refractivity contribution in [1.29, 1.82) is 0 Å². The van der Waals surface area contributed by atoms with Crippen LogP contribution in [-0.2, 0) is 9.47 Å². The number of rotatable bonds is 4. The number of nitrogens with one attached hydrogen (secondary N) is 1. The summed E-state index contributed by atoms with van der Waals surface area (Å²) in [7, 11) is 0. The van der Waals surface area contributed by atoms with Crippen molar-refractivity contribution in [3.8, 4) is 0 Å². The molecule has 1 heterocycles. The fourth-order valence-electron chi connectivity index (χ4n) is 1.05. The van der Waals surface area contributed by atoms with E-state index in [4.69, 9.17) is 9.47 Å². The van der Waals surface area contributed by atoms with Gasteiger partial charge in [0.1, 0.15) is 5.69 Å². The van der Waals surface area contributed by atoms with E-state index >= 15 is 0 Å². The Hall–Kier alpha value is -1.78. The Morgan fingerprint density at radius 2 is 1.65 bits per heavy atom. The second-order valence-electron chi connectivity index (χ2n) is 2.74. The maximum atomic E-state index is 11.2. The lowest BCUT2D eigenvalue weighted by Crippen LogP contribution is -2.05. The number of hydrogen-bond donors (Lipinski definition) is 1. The van der Waals surface area contributed by atoms with Gasteiger partial charge in [-0.1, -0.05) is 14.9 Å². The van der Waals surface area contributed by atoms with Crippen LogP contribution in [0.25, 0.3) is 0 Å². The molecule has 0 unspecified atom stereocenters. The molecule has 0 atom stereocenters. The van der Waals surface area contributed by atoms with Gasteiger partial charge in [-0.3, -0.25) is 0 Å². The molecule has 0 amide bonds. The number of aromatic nitrogens is 1.